The zero-order chi connectivity index (χ0) is 17.9. The van der Waals surface area contributed by atoms with Gasteiger partial charge >= 0.3 is 4.87 Å². The lowest BCUT2D eigenvalue weighted by Crippen LogP contribution is -2.38. The van der Waals surface area contributed by atoms with Crippen LogP contribution in [0.4, 0.5) is 0 Å². The Morgan fingerprint density at radius 1 is 1.28 bits per heavy atom. The Balaban J connectivity index is 1.63. The lowest BCUT2D eigenvalue weighted by Gasteiger charge is -2.26. The van der Waals surface area contributed by atoms with Crippen LogP contribution in [0.2, 0.25) is 0 Å². The van der Waals surface area contributed by atoms with E-state index >= 15 is 0 Å². The summed E-state index contributed by atoms with van der Waals surface area (Å²) in [5.41, 5.74) is 0.781. The maximum atomic E-state index is 12.5. The third-order valence-corrected chi connectivity index (χ3v) is 6.71. The third kappa shape index (κ3) is 4.29. The van der Waals surface area contributed by atoms with Gasteiger partial charge in [0.25, 0.3) is 0 Å². The van der Waals surface area contributed by atoms with Gasteiger partial charge in [-0.3, -0.25) is 14.3 Å². The number of nitrogens with zero attached hydrogens (tertiary/aromatic N) is 2. The highest BCUT2D eigenvalue weighted by Gasteiger charge is 2.16. The average molecular weight is 386 g/mol. The number of sulfonamides is 1. The lowest BCUT2D eigenvalue weighted by atomic mass is 10.3. The average Bonchev–Trinajstić information content (AvgIpc) is 2.93. The van der Waals surface area contributed by atoms with E-state index in [2.05, 4.69) is 9.62 Å². The van der Waals surface area contributed by atoms with Crippen molar-refractivity contribution in [3.8, 4) is 0 Å². The number of nitrogens with one attached hydrogen (secondary N) is 1. The number of ether oxygens (including phenoxy) is 1. The smallest absolute Gasteiger partial charge is 0.308 e. The quantitative estimate of drug-likeness (QED) is 0.722. The fraction of sp³-hybridized carbons (Fsp3) is 0.562. The number of aromatic nitrogens is 1. The second-order valence-corrected chi connectivity index (χ2v) is 8.71. The standard InChI is InChI=1S/C16H23N3O4S2/c1-2-19-14-5-4-13(12-15(14)24-16(19)20)25(21,22)17-6-3-7-18-8-10-23-11-9-18/h4-5,12,17H,2-3,6-11H2,1H3. The predicted molar refractivity (Wildman–Crippen MR) is 98.8 cm³/mol. The first-order valence-electron chi connectivity index (χ1n) is 8.44. The van der Waals surface area contributed by atoms with E-state index in [0.717, 1.165) is 56.1 Å². The van der Waals surface area contributed by atoms with Crippen LogP contribution in [0.15, 0.2) is 27.9 Å². The molecule has 0 spiro atoms. The van der Waals surface area contributed by atoms with E-state index in [1.807, 2.05) is 6.92 Å². The number of aryl methyl sites for hydroxylation is 1. The molecule has 138 valence electrons. The summed E-state index contributed by atoms with van der Waals surface area (Å²) in [7, 11) is -3.56. The normalized spacial score (nSPS) is 16.5. The molecule has 3 rings (SSSR count). The second kappa shape index (κ2) is 7.96. The van der Waals surface area contributed by atoms with Crippen molar-refractivity contribution < 1.29 is 13.2 Å². The monoisotopic (exact) mass is 385 g/mol. The van der Waals surface area contributed by atoms with Gasteiger partial charge in [0.2, 0.25) is 10.0 Å². The Bertz CT molecular complexity index is 882. The molecule has 1 saturated heterocycles. The summed E-state index contributed by atoms with van der Waals surface area (Å²) in [5.74, 6) is 0. The maximum Gasteiger partial charge on any atom is 0.308 e. The Morgan fingerprint density at radius 2 is 2.04 bits per heavy atom. The van der Waals surface area contributed by atoms with Crippen molar-refractivity contribution in [2.24, 2.45) is 0 Å². The molecule has 2 heterocycles. The fourth-order valence-electron chi connectivity index (χ4n) is 2.93. The molecule has 2 aromatic rings. The molecule has 0 atom stereocenters. The van der Waals surface area contributed by atoms with Crippen LogP contribution in [-0.2, 0) is 21.3 Å². The van der Waals surface area contributed by atoms with E-state index in [1.165, 1.54) is 0 Å². The number of morpholine rings is 1. The highest BCUT2D eigenvalue weighted by atomic mass is 32.2. The number of fused-ring (bicyclic) bond motifs is 1. The number of thiazole rings is 1. The van der Waals surface area contributed by atoms with Crippen molar-refractivity contribution >= 4 is 31.6 Å². The summed E-state index contributed by atoms with van der Waals surface area (Å²) in [6.45, 7) is 7.00. The van der Waals surface area contributed by atoms with Gasteiger partial charge in [-0.15, -0.1) is 0 Å². The van der Waals surface area contributed by atoms with Gasteiger partial charge in [-0.05, 0) is 38.1 Å². The summed E-state index contributed by atoms with van der Waals surface area (Å²) in [4.78, 5) is 14.3. The van der Waals surface area contributed by atoms with Crippen molar-refractivity contribution in [3.63, 3.8) is 0 Å². The van der Waals surface area contributed by atoms with Crippen molar-refractivity contribution in [1.29, 1.82) is 0 Å². The minimum atomic E-state index is -3.56. The topological polar surface area (TPSA) is 80.6 Å². The first-order chi connectivity index (χ1) is 12.0. The van der Waals surface area contributed by atoms with E-state index in [-0.39, 0.29) is 9.77 Å². The van der Waals surface area contributed by atoms with Gasteiger partial charge in [-0.2, -0.15) is 0 Å². The second-order valence-electron chi connectivity index (χ2n) is 5.95. The van der Waals surface area contributed by atoms with Crippen LogP contribution in [0.25, 0.3) is 10.2 Å². The first-order valence-corrected chi connectivity index (χ1v) is 10.7. The molecule has 0 radical (unpaired) electrons. The number of hydrogen-bond donors (Lipinski definition) is 1. The van der Waals surface area contributed by atoms with Gasteiger partial charge in [0, 0.05) is 26.2 Å². The number of benzene rings is 1. The van der Waals surface area contributed by atoms with E-state index in [9.17, 15) is 13.2 Å². The molecule has 0 unspecified atom stereocenters. The molecule has 7 nitrogen and oxygen atoms in total. The molecule has 1 aliphatic rings. The molecule has 1 aromatic carbocycles. The number of hydrogen-bond acceptors (Lipinski definition) is 6. The molecule has 9 heteroatoms. The van der Waals surface area contributed by atoms with E-state index in [0.29, 0.717) is 17.8 Å². The molecule has 1 aromatic heterocycles. The van der Waals surface area contributed by atoms with Crippen LogP contribution in [0.3, 0.4) is 0 Å². The van der Waals surface area contributed by atoms with Crippen LogP contribution >= 0.6 is 11.3 Å². The van der Waals surface area contributed by atoms with Crippen LogP contribution in [0.1, 0.15) is 13.3 Å². The molecule has 0 amide bonds. The number of rotatable bonds is 7. The zero-order valence-electron chi connectivity index (χ0n) is 14.2. The minimum absolute atomic E-state index is 0.0643. The van der Waals surface area contributed by atoms with Gasteiger partial charge in [0.1, 0.15) is 0 Å². The Kier molecular flexibility index (Phi) is 5.90. The molecule has 1 aliphatic heterocycles. The largest absolute Gasteiger partial charge is 0.379 e. The molecule has 0 aliphatic carbocycles. The van der Waals surface area contributed by atoms with E-state index in [1.54, 1.807) is 22.8 Å². The highest BCUT2D eigenvalue weighted by Crippen LogP contribution is 2.21. The van der Waals surface area contributed by atoms with E-state index in [4.69, 9.17) is 4.74 Å². The molecule has 0 bridgehead atoms. The first kappa shape index (κ1) is 18.5. The summed E-state index contributed by atoms with van der Waals surface area (Å²) in [6, 6.07) is 4.85. The van der Waals surface area contributed by atoms with Gasteiger partial charge in [0.15, 0.2) is 0 Å². The Hall–Kier alpha value is -1.26. The highest BCUT2D eigenvalue weighted by molar-refractivity contribution is 7.89. The zero-order valence-corrected chi connectivity index (χ0v) is 15.9. The minimum Gasteiger partial charge on any atom is -0.379 e. The van der Waals surface area contributed by atoms with E-state index < -0.39 is 10.0 Å². The molecule has 0 saturated carbocycles. The molecular formula is C16H23N3O4S2. The van der Waals surface area contributed by atoms with Crippen LogP contribution < -0.4 is 9.60 Å². The van der Waals surface area contributed by atoms with Crippen molar-refractivity contribution in [3.05, 3.63) is 27.9 Å². The van der Waals surface area contributed by atoms with Crippen LogP contribution in [0, 0.1) is 0 Å². The lowest BCUT2D eigenvalue weighted by molar-refractivity contribution is 0.0376. The molecule has 1 N–H and O–H groups in total. The van der Waals surface area contributed by atoms with Gasteiger partial charge in [0.05, 0.1) is 28.3 Å². The maximum absolute atomic E-state index is 12.5. The molecule has 1 fully saturated rings. The Labute approximate surface area is 151 Å². The van der Waals surface area contributed by atoms with Crippen molar-refractivity contribution in [1.82, 2.24) is 14.2 Å². The summed E-state index contributed by atoms with van der Waals surface area (Å²) in [5, 5.41) is 0. The van der Waals surface area contributed by atoms with Crippen molar-refractivity contribution in [2.75, 3.05) is 39.4 Å². The summed E-state index contributed by atoms with van der Waals surface area (Å²) >= 11 is 1.08. The van der Waals surface area contributed by atoms with Crippen molar-refractivity contribution in [2.45, 2.75) is 24.8 Å². The third-order valence-electron chi connectivity index (χ3n) is 4.31. The fourth-order valence-corrected chi connectivity index (χ4v) is 5.10. The predicted octanol–water partition coefficient (Wildman–Crippen LogP) is 1.08. The van der Waals surface area contributed by atoms with Gasteiger partial charge in [-0.1, -0.05) is 11.3 Å². The SMILES string of the molecule is CCn1c(=O)sc2cc(S(=O)(=O)NCCCN3CCOCC3)ccc21. The molecular weight excluding hydrogens is 362 g/mol. The Morgan fingerprint density at radius 3 is 2.76 bits per heavy atom. The summed E-state index contributed by atoms with van der Waals surface area (Å²) < 4.78 is 35.2. The van der Waals surface area contributed by atoms with Crippen LogP contribution in [0.5, 0.6) is 0 Å². The molecule has 25 heavy (non-hydrogen) atoms. The summed E-state index contributed by atoms with van der Waals surface area (Å²) in [6.07, 6.45) is 0.751. The van der Waals surface area contributed by atoms with Gasteiger partial charge in [-0.25, -0.2) is 13.1 Å². The van der Waals surface area contributed by atoms with Crippen LogP contribution in [-0.4, -0.2) is 57.3 Å². The van der Waals surface area contributed by atoms with Gasteiger partial charge < -0.3 is 4.74 Å².